The fourth-order valence-corrected chi connectivity index (χ4v) is 7.78. The van der Waals surface area contributed by atoms with E-state index < -0.39 is 46.0 Å². The number of aliphatic hydroxyl groups is 1. The van der Waals surface area contributed by atoms with E-state index in [1.807, 2.05) is 41.3 Å². The van der Waals surface area contributed by atoms with Gasteiger partial charge in [0.25, 0.3) is 0 Å². The third kappa shape index (κ3) is 6.35. The number of hydrogen-bond acceptors (Lipinski definition) is 6. The first-order chi connectivity index (χ1) is 21.6. The van der Waals surface area contributed by atoms with Gasteiger partial charge in [0, 0.05) is 31.5 Å². The molecule has 1 fully saturated rings. The molecule has 4 unspecified atom stereocenters. The van der Waals surface area contributed by atoms with Crippen LogP contribution >= 0.6 is 0 Å². The molecule has 0 spiro atoms. The van der Waals surface area contributed by atoms with Gasteiger partial charge >= 0.3 is 6.36 Å². The van der Waals surface area contributed by atoms with E-state index in [0.29, 0.717) is 5.69 Å². The van der Waals surface area contributed by atoms with E-state index in [1.165, 1.54) is 25.2 Å². The van der Waals surface area contributed by atoms with E-state index in [9.17, 15) is 22.5 Å². The van der Waals surface area contributed by atoms with Gasteiger partial charge in [-0.3, -0.25) is 0 Å². The van der Waals surface area contributed by atoms with E-state index in [1.54, 1.807) is 18.2 Å². The monoisotopic (exact) mass is 640 g/mol. The smallest absolute Gasteiger partial charge is 0.406 e. The minimum atomic E-state index is -4.88. The first-order valence-corrected chi connectivity index (χ1v) is 16.0. The maximum absolute atomic E-state index is 15.2. The zero-order valence-corrected chi connectivity index (χ0v) is 25.1. The number of benzene rings is 4. The van der Waals surface area contributed by atoms with Crippen molar-refractivity contribution in [1.82, 2.24) is 4.72 Å². The number of halogens is 4. The van der Waals surface area contributed by atoms with Crippen LogP contribution in [0.5, 0.6) is 5.75 Å². The Labute approximate surface area is 259 Å². The Kier molecular flexibility index (Phi) is 8.47. The largest absolute Gasteiger partial charge is 0.573 e. The maximum atomic E-state index is 15.2. The average molecular weight is 641 g/mol. The second-order valence-electron chi connectivity index (χ2n) is 11.0. The van der Waals surface area contributed by atoms with Crippen molar-refractivity contribution in [3.63, 3.8) is 0 Å². The summed E-state index contributed by atoms with van der Waals surface area (Å²) in [7, 11) is -2.13. The number of rotatable bonds is 6. The van der Waals surface area contributed by atoms with Crippen molar-refractivity contribution in [2.24, 2.45) is 4.36 Å². The molecule has 0 saturated carbocycles. The summed E-state index contributed by atoms with van der Waals surface area (Å²) in [4.78, 5) is 4.02. The predicted octanol–water partition coefficient (Wildman–Crippen LogP) is 6.24. The molecule has 1 saturated heterocycles. The molecule has 2 aliphatic heterocycles. The summed E-state index contributed by atoms with van der Waals surface area (Å²) in [6.45, 7) is 0.328. The molecule has 7 nitrogen and oxygen atoms in total. The number of aryl methyl sites for hydroxylation is 2. The van der Waals surface area contributed by atoms with E-state index in [0.717, 1.165) is 47.5 Å². The number of nitrogens with zero attached hydrogens (tertiary/aromatic N) is 3. The third-order valence-electron chi connectivity index (χ3n) is 8.27. The van der Waals surface area contributed by atoms with Crippen LogP contribution in [0.3, 0.4) is 0 Å². The van der Waals surface area contributed by atoms with Gasteiger partial charge in [0.2, 0.25) is 0 Å². The molecule has 0 aliphatic carbocycles. The highest BCUT2D eigenvalue weighted by atomic mass is 32.2. The Morgan fingerprint density at radius 3 is 1.96 bits per heavy atom. The predicted molar refractivity (Wildman–Crippen MR) is 166 cm³/mol. The summed E-state index contributed by atoms with van der Waals surface area (Å²) < 4.78 is 78.8. The molecular weight excluding hydrogens is 608 g/mol. The number of fused-ring (bicyclic) bond motifs is 2. The first-order valence-electron chi connectivity index (χ1n) is 14.5. The number of hydrogen-bond donors (Lipinski definition) is 2. The van der Waals surface area contributed by atoms with Gasteiger partial charge in [-0.25, -0.2) is 17.7 Å². The van der Waals surface area contributed by atoms with Gasteiger partial charge in [-0.2, -0.15) is 0 Å². The quantitative estimate of drug-likeness (QED) is 0.244. The number of nitrogens with one attached hydrogen (secondary N) is 1. The SMILES string of the molecule is CN=S(=O)(NC1CN(c2ccccc2F)CC(N2c3ccccc3CCc3ccccc32)C1O)c1ccc(OC(F)(F)F)cc1. The Balaban J connectivity index is 1.42. The van der Waals surface area contributed by atoms with Gasteiger partial charge in [-0.05, 0) is 72.5 Å². The van der Waals surface area contributed by atoms with Crippen molar-refractivity contribution in [3.8, 4) is 5.75 Å². The van der Waals surface area contributed by atoms with Crippen LogP contribution in [0, 0.1) is 5.82 Å². The Bertz CT molecular complexity index is 1750. The summed E-state index contributed by atoms with van der Waals surface area (Å²) in [5.74, 6) is -0.907. The van der Waals surface area contributed by atoms with E-state index in [-0.39, 0.29) is 18.0 Å². The number of anilines is 3. The van der Waals surface area contributed by atoms with E-state index in [4.69, 9.17) is 0 Å². The normalized spacial score (nSPS) is 21.2. The topological polar surface area (TPSA) is 77.4 Å². The highest BCUT2D eigenvalue weighted by Gasteiger charge is 2.43. The Morgan fingerprint density at radius 2 is 1.40 bits per heavy atom. The summed E-state index contributed by atoms with van der Waals surface area (Å²) in [6, 6.07) is 25.4. The lowest BCUT2D eigenvalue weighted by Crippen LogP contribution is -2.65. The Morgan fingerprint density at radius 1 is 0.844 bits per heavy atom. The second kappa shape index (κ2) is 12.3. The van der Waals surface area contributed by atoms with Crippen LogP contribution in [-0.2, 0) is 22.8 Å². The standard InChI is InChI=1S/C33H32F4N4O3S/c1-38-45(43,25-18-16-24(17-19-25)44-33(35,36)37)39-27-20-40(30-13-7-4-10-26(30)34)21-31(32(27)42)41-28-11-5-2-8-22(28)14-15-23-9-3-6-12-29(23)41/h2-13,16-19,27,31-32,42H,14-15,20-21H2,1H3,(H,38,39,43). The lowest BCUT2D eigenvalue weighted by atomic mass is 9.94. The number of piperidine rings is 1. The molecule has 236 valence electrons. The minimum absolute atomic E-state index is 0.0809. The molecule has 45 heavy (non-hydrogen) atoms. The lowest BCUT2D eigenvalue weighted by Gasteiger charge is -2.48. The minimum Gasteiger partial charge on any atom is -0.406 e. The van der Waals surface area contributed by atoms with Gasteiger partial charge in [0.05, 0.1) is 28.8 Å². The molecule has 0 aromatic heterocycles. The van der Waals surface area contributed by atoms with Crippen LogP contribution in [0.25, 0.3) is 0 Å². The third-order valence-corrected chi connectivity index (χ3v) is 10.3. The molecule has 2 N–H and O–H groups in total. The molecule has 2 aliphatic rings. The van der Waals surface area contributed by atoms with Crippen LogP contribution in [0.4, 0.5) is 34.6 Å². The molecule has 2 heterocycles. The molecule has 6 rings (SSSR count). The van der Waals surface area contributed by atoms with Crippen molar-refractivity contribution in [2.75, 3.05) is 29.9 Å². The summed E-state index contributed by atoms with van der Waals surface area (Å²) >= 11 is 0. The molecular formula is C33H32F4N4O3S. The molecule has 12 heteroatoms. The van der Waals surface area contributed by atoms with Crippen LogP contribution in [0.2, 0.25) is 0 Å². The van der Waals surface area contributed by atoms with Gasteiger partial charge in [-0.15, -0.1) is 13.2 Å². The van der Waals surface area contributed by atoms with Crippen molar-refractivity contribution >= 4 is 27.0 Å². The summed E-state index contributed by atoms with van der Waals surface area (Å²) in [5.41, 5.74) is 4.36. The van der Waals surface area contributed by atoms with E-state index in [2.05, 4.69) is 30.9 Å². The zero-order valence-electron chi connectivity index (χ0n) is 24.3. The molecule has 0 amide bonds. The molecule has 4 aromatic rings. The van der Waals surface area contributed by atoms with Crippen molar-refractivity contribution in [1.29, 1.82) is 0 Å². The number of para-hydroxylation sites is 3. The van der Waals surface area contributed by atoms with Gasteiger partial charge < -0.3 is 19.6 Å². The van der Waals surface area contributed by atoms with Gasteiger partial charge in [-0.1, -0.05) is 48.5 Å². The van der Waals surface area contributed by atoms with Crippen LogP contribution in [0.1, 0.15) is 11.1 Å². The fraction of sp³-hybridized carbons (Fsp3) is 0.273. The summed E-state index contributed by atoms with van der Waals surface area (Å²) in [6.07, 6.45) is -4.41. The van der Waals surface area contributed by atoms with Gasteiger partial charge in [0.1, 0.15) is 21.5 Å². The number of alkyl halides is 3. The Hall–Kier alpha value is -4.13. The number of aliphatic hydroxyl groups excluding tert-OH is 1. The van der Waals surface area contributed by atoms with Crippen molar-refractivity contribution in [2.45, 2.75) is 42.3 Å². The average Bonchev–Trinajstić information content (AvgIpc) is 3.19. The highest BCUT2D eigenvalue weighted by Crippen LogP contribution is 2.40. The molecule has 4 aromatic carbocycles. The van der Waals surface area contributed by atoms with Gasteiger partial charge in [0.15, 0.2) is 0 Å². The molecule has 0 bridgehead atoms. The fourth-order valence-electron chi connectivity index (χ4n) is 6.20. The summed E-state index contributed by atoms with van der Waals surface area (Å²) in [5, 5.41) is 12.1. The van der Waals surface area contributed by atoms with Crippen molar-refractivity contribution in [3.05, 3.63) is 114 Å². The first kappa shape index (κ1) is 30.9. The van der Waals surface area contributed by atoms with E-state index >= 15 is 4.39 Å². The molecule has 0 radical (unpaired) electrons. The second-order valence-corrected chi connectivity index (χ2v) is 13.1. The zero-order chi connectivity index (χ0) is 31.8. The molecule has 4 atom stereocenters. The van der Waals surface area contributed by atoms with Crippen molar-refractivity contribution < 1.29 is 31.6 Å². The lowest BCUT2D eigenvalue weighted by molar-refractivity contribution is -0.274. The van der Waals surface area contributed by atoms with Crippen LogP contribution in [0.15, 0.2) is 106 Å². The van der Waals surface area contributed by atoms with Crippen LogP contribution < -0.4 is 19.3 Å². The highest BCUT2D eigenvalue weighted by molar-refractivity contribution is 7.91. The maximum Gasteiger partial charge on any atom is 0.573 e. The van der Waals surface area contributed by atoms with Crippen LogP contribution in [-0.4, -0.2) is 54.0 Å². The number of ether oxygens (including phenoxy) is 1.